The molecule has 0 saturated heterocycles. The lowest BCUT2D eigenvalue weighted by atomic mass is 10.0. The van der Waals surface area contributed by atoms with Gasteiger partial charge in [-0.2, -0.15) is 5.10 Å². The van der Waals surface area contributed by atoms with Crippen LogP contribution in [0.2, 0.25) is 0 Å². The standard InChI is InChI=1S/C24H16N6/c1-2-10-26-20(5-1)15-6-7-21-19(12-15)23(30-29-21)22-13-18-17(8-11-27-24(18)28-22)16-4-3-9-25-14-16/h1-14H,(H,27,28)(H,29,30). The number of aromatic amines is 2. The number of hydrogen-bond acceptors (Lipinski definition) is 4. The van der Waals surface area contributed by atoms with Crippen LogP contribution in [0.15, 0.2) is 85.5 Å². The molecule has 142 valence electrons. The van der Waals surface area contributed by atoms with E-state index in [0.29, 0.717) is 0 Å². The molecule has 0 saturated carbocycles. The molecule has 0 aliphatic heterocycles. The maximum absolute atomic E-state index is 4.58. The number of hydrogen-bond donors (Lipinski definition) is 2. The molecule has 5 aromatic heterocycles. The van der Waals surface area contributed by atoms with Crippen molar-refractivity contribution in [3.8, 4) is 33.8 Å². The fourth-order valence-corrected chi connectivity index (χ4v) is 3.84. The fraction of sp³-hybridized carbons (Fsp3) is 0. The van der Waals surface area contributed by atoms with E-state index in [9.17, 15) is 0 Å². The topological polar surface area (TPSA) is 83.1 Å². The molecule has 0 fully saturated rings. The number of pyridine rings is 3. The molecule has 30 heavy (non-hydrogen) atoms. The Morgan fingerprint density at radius 2 is 1.73 bits per heavy atom. The zero-order valence-corrected chi connectivity index (χ0v) is 15.9. The van der Waals surface area contributed by atoms with Crippen molar-refractivity contribution in [3.63, 3.8) is 0 Å². The van der Waals surface area contributed by atoms with E-state index in [4.69, 9.17) is 0 Å². The SMILES string of the molecule is c1ccc(-c2ccc3[nH]nc(-c4cc5c(-c6cccnc6)ccnc5[nH]4)c3c2)nc1. The predicted molar refractivity (Wildman–Crippen MR) is 118 cm³/mol. The summed E-state index contributed by atoms with van der Waals surface area (Å²) in [4.78, 5) is 16.7. The maximum atomic E-state index is 4.58. The van der Waals surface area contributed by atoms with Crippen LogP contribution in [0, 0.1) is 0 Å². The third-order valence-corrected chi connectivity index (χ3v) is 5.28. The van der Waals surface area contributed by atoms with Gasteiger partial charge in [0.1, 0.15) is 11.3 Å². The van der Waals surface area contributed by atoms with Crippen LogP contribution in [0.1, 0.15) is 0 Å². The van der Waals surface area contributed by atoms with Gasteiger partial charge in [-0.1, -0.05) is 18.2 Å². The highest BCUT2D eigenvalue weighted by Gasteiger charge is 2.15. The third-order valence-electron chi connectivity index (χ3n) is 5.28. The molecular weight excluding hydrogens is 372 g/mol. The highest BCUT2D eigenvalue weighted by atomic mass is 15.1. The Balaban J connectivity index is 1.52. The Bertz CT molecular complexity index is 1480. The molecule has 6 nitrogen and oxygen atoms in total. The van der Waals surface area contributed by atoms with Crippen molar-refractivity contribution in [3.05, 3.63) is 85.5 Å². The molecule has 6 heteroatoms. The minimum Gasteiger partial charge on any atom is -0.338 e. The van der Waals surface area contributed by atoms with Gasteiger partial charge >= 0.3 is 0 Å². The number of H-pyrrole nitrogens is 2. The average Bonchev–Trinajstić information content (AvgIpc) is 3.43. The number of aromatic nitrogens is 6. The summed E-state index contributed by atoms with van der Waals surface area (Å²) < 4.78 is 0. The van der Waals surface area contributed by atoms with Gasteiger partial charge in [0.25, 0.3) is 0 Å². The summed E-state index contributed by atoms with van der Waals surface area (Å²) in [6, 6.07) is 20.2. The quantitative estimate of drug-likeness (QED) is 0.435. The number of rotatable bonds is 3. The van der Waals surface area contributed by atoms with Gasteiger partial charge in [-0.3, -0.25) is 15.1 Å². The van der Waals surface area contributed by atoms with Gasteiger partial charge in [-0.15, -0.1) is 0 Å². The van der Waals surface area contributed by atoms with E-state index in [1.165, 1.54) is 0 Å². The van der Waals surface area contributed by atoms with E-state index in [0.717, 1.165) is 55.7 Å². The number of nitrogens with zero attached hydrogens (tertiary/aromatic N) is 4. The van der Waals surface area contributed by atoms with E-state index in [-0.39, 0.29) is 0 Å². The van der Waals surface area contributed by atoms with Crippen molar-refractivity contribution in [1.29, 1.82) is 0 Å². The van der Waals surface area contributed by atoms with Crippen molar-refractivity contribution in [2.75, 3.05) is 0 Å². The van der Waals surface area contributed by atoms with Crippen molar-refractivity contribution in [2.45, 2.75) is 0 Å². The zero-order chi connectivity index (χ0) is 19.9. The first kappa shape index (κ1) is 16.6. The van der Waals surface area contributed by atoms with Gasteiger partial charge in [-0.05, 0) is 48.0 Å². The lowest BCUT2D eigenvalue weighted by molar-refractivity contribution is 1.12. The number of nitrogens with one attached hydrogen (secondary N) is 2. The molecule has 0 amide bonds. The molecule has 0 aliphatic rings. The molecular formula is C24H16N6. The third kappa shape index (κ3) is 2.66. The van der Waals surface area contributed by atoms with E-state index in [1.54, 1.807) is 12.4 Å². The minimum atomic E-state index is 0.823. The Hall–Kier alpha value is -4.32. The second kappa shape index (κ2) is 6.63. The zero-order valence-electron chi connectivity index (χ0n) is 15.9. The Morgan fingerprint density at radius 1 is 0.733 bits per heavy atom. The molecule has 0 aliphatic carbocycles. The molecule has 0 radical (unpaired) electrons. The van der Waals surface area contributed by atoms with Gasteiger partial charge in [0, 0.05) is 46.7 Å². The summed E-state index contributed by atoms with van der Waals surface area (Å²) in [5.74, 6) is 0. The van der Waals surface area contributed by atoms with Crippen LogP contribution in [-0.2, 0) is 0 Å². The van der Waals surface area contributed by atoms with Crippen molar-refractivity contribution < 1.29 is 0 Å². The molecule has 6 rings (SSSR count). The monoisotopic (exact) mass is 388 g/mol. The van der Waals surface area contributed by atoms with Gasteiger partial charge < -0.3 is 4.98 Å². The van der Waals surface area contributed by atoms with Crippen LogP contribution in [0.5, 0.6) is 0 Å². The second-order valence-corrected chi connectivity index (χ2v) is 7.09. The Morgan fingerprint density at radius 3 is 2.60 bits per heavy atom. The van der Waals surface area contributed by atoms with E-state index in [1.807, 2.05) is 48.8 Å². The molecule has 1 aromatic carbocycles. The van der Waals surface area contributed by atoms with Crippen LogP contribution < -0.4 is 0 Å². The number of fused-ring (bicyclic) bond motifs is 2. The molecule has 0 bridgehead atoms. The minimum absolute atomic E-state index is 0.823. The first-order valence-corrected chi connectivity index (χ1v) is 9.65. The smallest absolute Gasteiger partial charge is 0.138 e. The lowest BCUT2D eigenvalue weighted by Crippen LogP contribution is -1.83. The summed E-state index contributed by atoms with van der Waals surface area (Å²) >= 11 is 0. The highest BCUT2D eigenvalue weighted by molar-refractivity contribution is 6.00. The molecule has 6 aromatic rings. The van der Waals surface area contributed by atoms with Crippen LogP contribution in [0.25, 0.3) is 55.7 Å². The average molecular weight is 388 g/mol. The van der Waals surface area contributed by atoms with Gasteiger partial charge in [-0.25, -0.2) is 4.98 Å². The van der Waals surface area contributed by atoms with Gasteiger partial charge in [0.05, 0.1) is 16.9 Å². The van der Waals surface area contributed by atoms with Crippen LogP contribution in [0.3, 0.4) is 0 Å². The van der Waals surface area contributed by atoms with E-state index >= 15 is 0 Å². The van der Waals surface area contributed by atoms with Crippen LogP contribution in [-0.4, -0.2) is 30.1 Å². The summed E-state index contributed by atoms with van der Waals surface area (Å²) in [5.41, 5.74) is 7.70. The van der Waals surface area contributed by atoms with Crippen LogP contribution >= 0.6 is 0 Å². The summed E-state index contributed by atoms with van der Waals surface area (Å²) in [7, 11) is 0. The molecule has 2 N–H and O–H groups in total. The molecule has 0 spiro atoms. The summed E-state index contributed by atoms with van der Waals surface area (Å²) in [6.07, 6.45) is 7.26. The normalized spacial score (nSPS) is 11.3. The lowest BCUT2D eigenvalue weighted by Gasteiger charge is -2.01. The molecule has 0 atom stereocenters. The Labute approximate surface area is 171 Å². The number of benzene rings is 1. The van der Waals surface area contributed by atoms with Crippen molar-refractivity contribution in [1.82, 2.24) is 30.1 Å². The summed E-state index contributed by atoms with van der Waals surface area (Å²) in [5, 5.41) is 9.79. The first-order valence-electron chi connectivity index (χ1n) is 9.65. The highest BCUT2D eigenvalue weighted by Crippen LogP contribution is 2.34. The van der Waals surface area contributed by atoms with Gasteiger partial charge in [0.15, 0.2) is 0 Å². The fourth-order valence-electron chi connectivity index (χ4n) is 3.84. The van der Waals surface area contributed by atoms with Crippen molar-refractivity contribution in [2.24, 2.45) is 0 Å². The van der Waals surface area contributed by atoms with Gasteiger partial charge in [0.2, 0.25) is 0 Å². The Kier molecular flexibility index (Phi) is 3.67. The maximum Gasteiger partial charge on any atom is 0.138 e. The van der Waals surface area contributed by atoms with Crippen molar-refractivity contribution >= 4 is 21.9 Å². The largest absolute Gasteiger partial charge is 0.338 e. The second-order valence-electron chi connectivity index (χ2n) is 7.09. The molecule has 0 unspecified atom stereocenters. The van der Waals surface area contributed by atoms with Crippen LogP contribution in [0.4, 0.5) is 0 Å². The predicted octanol–water partition coefficient (Wildman–Crippen LogP) is 5.23. The molecule has 5 heterocycles. The van der Waals surface area contributed by atoms with E-state index < -0.39 is 0 Å². The van der Waals surface area contributed by atoms with E-state index in [2.05, 4.69) is 54.4 Å². The first-order chi connectivity index (χ1) is 14.9. The summed E-state index contributed by atoms with van der Waals surface area (Å²) in [6.45, 7) is 0.